The molecule has 1 aromatic rings. The van der Waals surface area contributed by atoms with Crippen molar-refractivity contribution in [1.29, 1.82) is 0 Å². The first-order valence-corrected chi connectivity index (χ1v) is 7.57. The molecule has 0 heterocycles. The molecule has 0 bridgehead atoms. The summed E-state index contributed by atoms with van der Waals surface area (Å²) in [7, 11) is 0. The van der Waals surface area contributed by atoms with E-state index in [9.17, 15) is 5.11 Å². The summed E-state index contributed by atoms with van der Waals surface area (Å²) in [4.78, 5) is 0. The molecule has 0 spiro atoms. The molecule has 2 N–H and O–H groups in total. The van der Waals surface area contributed by atoms with Crippen molar-refractivity contribution in [3.8, 4) is 0 Å². The molecule has 104 valence electrons. The van der Waals surface area contributed by atoms with E-state index in [1.165, 1.54) is 24.0 Å². The van der Waals surface area contributed by atoms with Crippen LogP contribution in [-0.4, -0.2) is 17.8 Å². The molecule has 0 aliphatic heterocycles. The average Bonchev–Trinajstić information content (AvgIpc) is 2.87. The lowest BCUT2D eigenvalue weighted by molar-refractivity contribution is 0.125. The topological polar surface area (TPSA) is 32.3 Å². The SMILES string of the molecule is CC1(C)Cc2ccccc2C1NCC1CCCC1O. The fourth-order valence-electron chi connectivity index (χ4n) is 3.90. The second kappa shape index (κ2) is 4.92. The van der Waals surface area contributed by atoms with Crippen molar-refractivity contribution in [2.75, 3.05) is 6.54 Å². The minimum Gasteiger partial charge on any atom is -0.393 e. The molecule has 2 heteroatoms. The number of hydrogen-bond donors (Lipinski definition) is 2. The second-order valence-electron chi connectivity index (χ2n) is 6.96. The zero-order valence-electron chi connectivity index (χ0n) is 12.0. The third kappa shape index (κ3) is 2.44. The Balaban J connectivity index is 1.72. The third-order valence-electron chi connectivity index (χ3n) is 5.00. The summed E-state index contributed by atoms with van der Waals surface area (Å²) in [5.74, 6) is 0.448. The number of hydrogen-bond acceptors (Lipinski definition) is 2. The average molecular weight is 259 g/mol. The molecular formula is C17H25NO. The van der Waals surface area contributed by atoms with Gasteiger partial charge >= 0.3 is 0 Å². The van der Waals surface area contributed by atoms with Crippen molar-refractivity contribution in [3.05, 3.63) is 35.4 Å². The van der Waals surface area contributed by atoms with Crippen molar-refractivity contribution in [3.63, 3.8) is 0 Å². The Morgan fingerprint density at radius 3 is 2.79 bits per heavy atom. The van der Waals surface area contributed by atoms with E-state index in [-0.39, 0.29) is 11.5 Å². The van der Waals surface area contributed by atoms with Gasteiger partial charge in [0.2, 0.25) is 0 Å². The zero-order chi connectivity index (χ0) is 13.5. The summed E-state index contributed by atoms with van der Waals surface area (Å²) < 4.78 is 0. The molecule has 2 nitrogen and oxygen atoms in total. The van der Waals surface area contributed by atoms with Gasteiger partial charge in [0.1, 0.15) is 0 Å². The fraction of sp³-hybridized carbons (Fsp3) is 0.647. The summed E-state index contributed by atoms with van der Waals surface area (Å²) in [5.41, 5.74) is 3.21. The van der Waals surface area contributed by atoms with Crippen LogP contribution in [0.25, 0.3) is 0 Å². The lowest BCUT2D eigenvalue weighted by Gasteiger charge is -2.30. The monoisotopic (exact) mass is 259 g/mol. The molecule has 1 saturated carbocycles. The van der Waals surface area contributed by atoms with Gasteiger partial charge in [-0.25, -0.2) is 0 Å². The molecule has 1 fully saturated rings. The molecule has 0 radical (unpaired) electrons. The van der Waals surface area contributed by atoms with Crippen LogP contribution in [0.2, 0.25) is 0 Å². The summed E-state index contributed by atoms with van der Waals surface area (Å²) in [6.45, 7) is 5.63. The van der Waals surface area contributed by atoms with Crippen molar-refractivity contribution in [1.82, 2.24) is 5.32 Å². The van der Waals surface area contributed by atoms with Crippen LogP contribution in [0.5, 0.6) is 0 Å². The van der Waals surface area contributed by atoms with Crippen LogP contribution in [0.1, 0.15) is 50.3 Å². The molecule has 3 atom stereocenters. The minimum absolute atomic E-state index is 0.0905. The molecule has 1 aromatic carbocycles. The molecule has 19 heavy (non-hydrogen) atoms. The van der Waals surface area contributed by atoms with Crippen LogP contribution in [0.4, 0.5) is 0 Å². The maximum absolute atomic E-state index is 9.95. The van der Waals surface area contributed by atoms with Crippen LogP contribution >= 0.6 is 0 Å². The standard InChI is InChI=1S/C17H25NO/c1-17(2)10-12-6-3-4-8-14(12)16(17)18-11-13-7-5-9-15(13)19/h3-4,6,8,13,15-16,18-19H,5,7,9-11H2,1-2H3. The van der Waals surface area contributed by atoms with Crippen LogP contribution in [0.15, 0.2) is 24.3 Å². The number of aliphatic hydroxyl groups excluding tert-OH is 1. The van der Waals surface area contributed by atoms with E-state index in [2.05, 4.69) is 43.4 Å². The normalized spacial score (nSPS) is 32.5. The highest BCUT2D eigenvalue weighted by Gasteiger charge is 2.39. The van der Waals surface area contributed by atoms with E-state index < -0.39 is 0 Å². The summed E-state index contributed by atoms with van der Waals surface area (Å²) in [6, 6.07) is 9.21. The fourth-order valence-corrected chi connectivity index (χ4v) is 3.90. The molecule has 2 aliphatic carbocycles. The molecule has 0 saturated heterocycles. The predicted octanol–water partition coefficient (Wildman–Crippen LogP) is 3.06. The van der Waals surface area contributed by atoms with E-state index in [0.717, 1.165) is 19.4 Å². The van der Waals surface area contributed by atoms with Crippen LogP contribution in [0.3, 0.4) is 0 Å². The number of rotatable bonds is 3. The Morgan fingerprint density at radius 2 is 2.05 bits per heavy atom. The van der Waals surface area contributed by atoms with Gasteiger partial charge in [-0.2, -0.15) is 0 Å². The highest BCUT2D eigenvalue weighted by atomic mass is 16.3. The van der Waals surface area contributed by atoms with Gasteiger partial charge in [-0.15, -0.1) is 0 Å². The summed E-state index contributed by atoms with van der Waals surface area (Å²) >= 11 is 0. The van der Waals surface area contributed by atoms with Crippen LogP contribution in [-0.2, 0) is 6.42 Å². The summed E-state index contributed by atoms with van der Waals surface area (Å²) in [6.07, 6.45) is 4.39. The number of benzene rings is 1. The lowest BCUT2D eigenvalue weighted by Crippen LogP contribution is -2.36. The molecule has 3 unspecified atom stereocenters. The first-order valence-electron chi connectivity index (χ1n) is 7.57. The largest absolute Gasteiger partial charge is 0.393 e. The lowest BCUT2D eigenvalue weighted by atomic mass is 9.85. The number of fused-ring (bicyclic) bond motifs is 1. The van der Waals surface area contributed by atoms with Crippen molar-refractivity contribution in [2.45, 2.75) is 51.7 Å². The second-order valence-corrected chi connectivity index (χ2v) is 6.96. The van der Waals surface area contributed by atoms with Crippen molar-refractivity contribution in [2.24, 2.45) is 11.3 Å². The molecule has 0 amide bonds. The van der Waals surface area contributed by atoms with Gasteiger partial charge in [-0.1, -0.05) is 44.5 Å². The Bertz CT molecular complexity index is 454. The smallest absolute Gasteiger partial charge is 0.0580 e. The van der Waals surface area contributed by atoms with E-state index in [0.29, 0.717) is 12.0 Å². The van der Waals surface area contributed by atoms with Gasteiger partial charge in [-0.05, 0) is 41.7 Å². The van der Waals surface area contributed by atoms with E-state index in [4.69, 9.17) is 0 Å². The Kier molecular flexibility index (Phi) is 3.40. The molecule has 2 aliphatic rings. The Labute approximate surface area is 116 Å². The first-order chi connectivity index (χ1) is 9.08. The highest BCUT2D eigenvalue weighted by Crippen LogP contribution is 2.45. The maximum Gasteiger partial charge on any atom is 0.0580 e. The number of nitrogens with one attached hydrogen (secondary N) is 1. The van der Waals surface area contributed by atoms with Gasteiger partial charge in [0, 0.05) is 12.6 Å². The van der Waals surface area contributed by atoms with Gasteiger partial charge < -0.3 is 10.4 Å². The predicted molar refractivity (Wildman–Crippen MR) is 78.0 cm³/mol. The van der Waals surface area contributed by atoms with Crippen LogP contribution < -0.4 is 5.32 Å². The number of aliphatic hydroxyl groups is 1. The van der Waals surface area contributed by atoms with Crippen LogP contribution in [0, 0.1) is 11.3 Å². The van der Waals surface area contributed by atoms with Crippen molar-refractivity contribution < 1.29 is 5.11 Å². The summed E-state index contributed by atoms with van der Waals surface area (Å²) in [5, 5.41) is 13.7. The Hall–Kier alpha value is -0.860. The maximum atomic E-state index is 9.95. The van der Waals surface area contributed by atoms with E-state index in [1.807, 2.05) is 0 Å². The Morgan fingerprint density at radius 1 is 1.26 bits per heavy atom. The van der Waals surface area contributed by atoms with E-state index in [1.54, 1.807) is 0 Å². The quantitative estimate of drug-likeness (QED) is 0.874. The molecule has 3 rings (SSSR count). The van der Waals surface area contributed by atoms with Gasteiger partial charge in [0.25, 0.3) is 0 Å². The van der Waals surface area contributed by atoms with Gasteiger partial charge in [0.05, 0.1) is 6.10 Å². The van der Waals surface area contributed by atoms with E-state index >= 15 is 0 Å². The molecular weight excluding hydrogens is 234 g/mol. The van der Waals surface area contributed by atoms with Gasteiger partial charge in [-0.3, -0.25) is 0 Å². The first kappa shape index (κ1) is 13.1. The zero-order valence-corrected chi connectivity index (χ0v) is 12.0. The van der Waals surface area contributed by atoms with Crippen molar-refractivity contribution >= 4 is 0 Å². The third-order valence-corrected chi connectivity index (χ3v) is 5.00. The minimum atomic E-state index is -0.0905. The molecule has 0 aromatic heterocycles. The van der Waals surface area contributed by atoms with Gasteiger partial charge in [0.15, 0.2) is 0 Å². The highest BCUT2D eigenvalue weighted by molar-refractivity contribution is 5.37.